The van der Waals surface area contributed by atoms with Crippen molar-refractivity contribution in [2.75, 3.05) is 0 Å². The number of ether oxygens (including phenoxy) is 1. The van der Waals surface area contributed by atoms with Crippen molar-refractivity contribution >= 4 is 17.6 Å². The van der Waals surface area contributed by atoms with Gasteiger partial charge in [0.1, 0.15) is 5.75 Å². The van der Waals surface area contributed by atoms with E-state index in [1.807, 2.05) is 13.8 Å². The summed E-state index contributed by atoms with van der Waals surface area (Å²) in [6, 6.07) is 6.82. The molecule has 0 aromatic heterocycles. The predicted octanol–water partition coefficient (Wildman–Crippen LogP) is 2.77. The molecule has 0 aliphatic carbocycles. The molecule has 1 unspecified atom stereocenters. The molecule has 1 atom stereocenters. The number of carbonyl (C=O) groups is 1. The van der Waals surface area contributed by atoms with E-state index < -0.39 is 6.23 Å². The normalized spacial score (nSPS) is 12.1. The van der Waals surface area contributed by atoms with E-state index in [0.717, 1.165) is 0 Å². The SMILES string of the molecule is CC(C)NC(=O)NC(C)Oc1ccc(Cl)cc1. The van der Waals surface area contributed by atoms with Crippen LogP contribution >= 0.6 is 11.6 Å². The van der Waals surface area contributed by atoms with Crippen LogP contribution in [0.3, 0.4) is 0 Å². The zero-order chi connectivity index (χ0) is 12.8. The molecular formula is C12H17ClN2O2. The second-order valence-corrected chi connectivity index (χ2v) is 4.42. The van der Waals surface area contributed by atoms with E-state index in [-0.39, 0.29) is 12.1 Å². The van der Waals surface area contributed by atoms with Gasteiger partial charge in [0.25, 0.3) is 0 Å². The molecule has 0 spiro atoms. The first-order chi connectivity index (χ1) is 7.97. The van der Waals surface area contributed by atoms with Gasteiger partial charge in [-0.25, -0.2) is 4.79 Å². The molecule has 1 rings (SSSR count). The summed E-state index contributed by atoms with van der Waals surface area (Å²) in [5.41, 5.74) is 0. The number of hydrogen-bond acceptors (Lipinski definition) is 2. The molecule has 0 radical (unpaired) electrons. The van der Waals surface area contributed by atoms with Gasteiger partial charge >= 0.3 is 6.03 Å². The fraction of sp³-hybridized carbons (Fsp3) is 0.417. The molecule has 94 valence electrons. The van der Waals surface area contributed by atoms with Crippen LogP contribution in [0.25, 0.3) is 0 Å². The van der Waals surface area contributed by atoms with Gasteiger partial charge in [0.05, 0.1) is 0 Å². The minimum Gasteiger partial charge on any atom is -0.471 e. The van der Waals surface area contributed by atoms with Crippen molar-refractivity contribution in [2.24, 2.45) is 0 Å². The Hall–Kier alpha value is -1.42. The highest BCUT2D eigenvalue weighted by Gasteiger charge is 2.08. The Morgan fingerprint density at radius 1 is 1.18 bits per heavy atom. The first kappa shape index (κ1) is 13.6. The maximum Gasteiger partial charge on any atom is 0.317 e. The van der Waals surface area contributed by atoms with Crippen molar-refractivity contribution in [2.45, 2.75) is 33.0 Å². The molecule has 0 aliphatic rings. The Morgan fingerprint density at radius 2 is 1.76 bits per heavy atom. The summed E-state index contributed by atoms with van der Waals surface area (Å²) < 4.78 is 5.49. The Labute approximate surface area is 106 Å². The summed E-state index contributed by atoms with van der Waals surface area (Å²) >= 11 is 5.75. The quantitative estimate of drug-likeness (QED) is 0.814. The molecule has 2 amide bonds. The molecule has 2 N–H and O–H groups in total. The Kier molecular flexibility index (Phi) is 5.10. The molecule has 0 aliphatic heterocycles. The number of rotatable bonds is 4. The third-order valence-corrected chi connectivity index (χ3v) is 2.13. The summed E-state index contributed by atoms with van der Waals surface area (Å²) in [5.74, 6) is 0.659. The van der Waals surface area contributed by atoms with Crippen LogP contribution in [0, 0.1) is 0 Å². The average molecular weight is 257 g/mol. The van der Waals surface area contributed by atoms with Crippen molar-refractivity contribution in [1.29, 1.82) is 0 Å². The van der Waals surface area contributed by atoms with Crippen molar-refractivity contribution in [1.82, 2.24) is 10.6 Å². The van der Waals surface area contributed by atoms with Crippen LogP contribution in [-0.2, 0) is 0 Å². The summed E-state index contributed by atoms with van der Waals surface area (Å²) in [6.45, 7) is 5.54. The van der Waals surface area contributed by atoms with E-state index in [1.165, 1.54) is 0 Å². The number of hydrogen-bond donors (Lipinski definition) is 2. The van der Waals surface area contributed by atoms with Gasteiger partial charge in [-0.15, -0.1) is 0 Å². The lowest BCUT2D eigenvalue weighted by Crippen LogP contribution is -2.45. The van der Waals surface area contributed by atoms with Gasteiger partial charge in [-0.2, -0.15) is 0 Å². The van der Waals surface area contributed by atoms with Crippen LogP contribution in [-0.4, -0.2) is 18.3 Å². The monoisotopic (exact) mass is 256 g/mol. The maximum absolute atomic E-state index is 11.4. The van der Waals surface area contributed by atoms with Crippen LogP contribution in [0.15, 0.2) is 24.3 Å². The number of nitrogens with one attached hydrogen (secondary N) is 2. The lowest BCUT2D eigenvalue weighted by molar-refractivity contribution is 0.176. The van der Waals surface area contributed by atoms with E-state index >= 15 is 0 Å². The number of halogens is 1. The van der Waals surface area contributed by atoms with E-state index in [4.69, 9.17) is 16.3 Å². The molecular weight excluding hydrogens is 240 g/mol. The third-order valence-electron chi connectivity index (χ3n) is 1.88. The average Bonchev–Trinajstić information content (AvgIpc) is 2.19. The zero-order valence-electron chi connectivity index (χ0n) is 10.2. The molecule has 5 heteroatoms. The van der Waals surface area contributed by atoms with E-state index in [9.17, 15) is 4.79 Å². The van der Waals surface area contributed by atoms with Crippen LogP contribution in [0.5, 0.6) is 5.75 Å². The Morgan fingerprint density at radius 3 is 2.29 bits per heavy atom. The van der Waals surface area contributed by atoms with E-state index in [0.29, 0.717) is 10.8 Å². The van der Waals surface area contributed by atoms with Gasteiger partial charge in [-0.1, -0.05) is 11.6 Å². The summed E-state index contributed by atoms with van der Waals surface area (Å²) in [6.07, 6.45) is -0.407. The highest BCUT2D eigenvalue weighted by Crippen LogP contribution is 2.16. The molecule has 1 aromatic carbocycles. The Bertz CT molecular complexity index is 365. The summed E-state index contributed by atoms with van der Waals surface area (Å²) in [7, 11) is 0. The van der Waals surface area contributed by atoms with Gasteiger partial charge in [-0.05, 0) is 45.0 Å². The van der Waals surface area contributed by atoms with E-state index in [2.05, 4.69) is 10.6 Å². The molecule has 17 heavy (non-hydrogen) atoms. The lowest BCUT2D eigenvalue weighted by Gasteiger charge is -2.17. The molecule has 0 heterocycles. The molecule has 4 nitrogen and oxygen atoms in total. The molecule has 0 saturated carbocycles. The largest absolute Gasteiger partial charge is 0.471 e. The summed E-state index contributed by atoms with van der Waals surface area (Å²) in [5, 5.41) is 6.04. The van der Waals surface area contributed by atoms with Gasteiger partial charge < -0.3 is 15.4 Å². The molecule has 0 fully saturated rings. The van der Waals surface area contributed by atoms with Crippen LogP contribution < -0.4 is 15.4 Å². The maximum atomic E-state index is 11.4. The van der Waals surface area contributed by atoms with Crippen molar-refractivity contribution in [3.63, 3.8) is 0 Å². The van der Waals surface area contributed by atoms with Gasteiger partial charge in [-0.3, -0.25) is 0 Å². The van der Waals surface area contributed by atoms with Gasteiger partial charge in [0, 0.05) is 11.1 Å². The van der Waals surface area contributed by atoms with Gasteiger partial charge in [0.15, 0.2) is 6.23 Å². The highest BCUT2D eigenvalue weighted by atomic mass is 35.5. The number of urea groups is 1. The number of amides is 2. The van der Waals surface area contributed by atoms with Crippen LogP contribution in [0.4, 0.5) is 4.79 Å². The van der Waals surface area contributed by atoms with E-state index in [1.54, 1.807) is 31.2 Å². The first-order valence-corrected chi connectivity index (χ1v) is 5.84. The minimum atomic E-state index is -0.407. The molecule has 0 saturated heterocycles. The minimum absolute atomic E-state index is 0.0951. The molecule has 0 bridgehead atoms. The Balaban J connectivity index is 2.41. The topological polar surface area (TPSA) is 50.4 Å². The first-order valence-electron chi connectivity index (χ1n) is 5.46. The summed E-state index contributed by atoms with van der Waals surface area (Å²) in [4.78, 5) is 11.4. The fourth-order valence-corrected chi connectivity index (χ4v) is 1.36. The predicted molar refractivity (Wildman–Crippen MR) is 68.3 cm³/mol. The second kappa shape index (κ2) is 6.35. The lowest BCUT2D eigenvalue weighted by atomic mass is 10.3. The van der Waals surface area contributed by atoms with Gasteiger partial charge in [0.2, 0.25) is 0 Å². The highest BCUT2D eigenvalue weighted by molar-refractivity contribution is 6.30. The third kappa shape index (κ3) is 5.45. The number of carbonyl (C=O) groups excluding carboxylic acids is 1. The van der Waals surface area contributed by atoms with Crippen LogP contribution in [0.2, 0.25) is 5.02 Å². The smallest absolute Gasteiger partial charge is 0.317 e. The van der Waals surface area contributed by atoms with Crippen molar-refractivity contribution in [3.05, 3.63) is 29.3 Å². The zero-order valence-corrected chi connectivity index (χ0v) is 10.9. The van der Waals surface area contributed by atoms with Crippen molar-refractivity contribution < 1.29 is 9.53 Å². The van der Waals surface area contributed by atoms with Crippen LogP contribution in [0.1, 0.15) is 20.8 Å². The fourth-order valence-electron chi connectivity index (χ4n) is 1.24. The number of benzene rings is 1. The second-order valence-electron chi connectivity index (χ2n) is 3.99. The standard InChI is InChI=1S/C12H17ClN2O2/c1-8(2)14-12(16)15-9(3)17-11-6-4-10(13)5-7-11/h4-9H,1-3H3,(H2,14,15,16). The molecule has 1 aromatic rings. The van der Waals surface area contributed by atoms with Crippen molar-refractivity contribution in [3.8, 4) is 5.75 Å².